The lowest BCUT2D eigenvalue weighted by Gasteiger charge is -2.14. The highest BCUT2D eigenvalue weighted by atomic mass is 14.2. The molecule has 2 aromatic rings. The quantitative estimate of drug-likeness (QED) is 0.656. The molecule has 0 spiro atoms. The minimum Gasteiger partial charge on any atom is -0.0683 e. The average Bonchev–Trinajstić information content (AvgIpc) is 2.77. The van der Waals surface area contributed by atoms with Crippen LogP contribution >= 0.6 is 0 Å². The molecule has 0 aliphatic heterocycles. The molecule has 0 nitrogen and oxygen atoms in total. The van der Waals surface area contributed by atoms with E-state index in [4.69, 9.17) is 0 Å². The van der Waals surface area contributed by atoms with Crippen LogP contribution < -0.4 is 0 Å². The number of benzene rings is 2. The number of aryl methyl sites for hydroxylation is 1. The van der Waals surface area contributed by atoms with Crippen LogP contribution in [0, 0.1) is 13.8 Å². The molecule has 0 aromatic heterocycles. The molecule has 0 amide bonds. The highest BCUT2D eigenvalue weighted by Gasteiger charge is 2.18. The van der Waals surface area contributed by atoms with E-state index in [1.54, 1.807) is 0 Å². The summed E-state index contributed by atoms with van der Waals surface area (Å²) < 4.78 is 0. The van der Waals surface area contributed by atoms with Crippen molar-refractivity contribution in [3.63, 3.8) is 0 Å². The fraction of sp³-hybridized carbons (Fsp3) is 0.222. The maximum atomic E-state index is 2.35. The number of allylic oxidation sites excluding steroid dienone is 1. The van der Waals surface area contributed by atoms with Gasteiger partial charge < -0.3 is 0 Å². The summed E-state index contributed by atoms with van der Waals surface area (Å²) >= 11 is 0. The Balaban J connectivity index is 2.29. The SMILES string of the molecule is CC1=Cc2c(-c3ccccc3)cc(C)c(C)c2C1. The lowest BCUT2D eigenvalue weighted by Crippen LogP contribution is -1.95. The van der Waals surface area contributed by atoms with E-state index in [1.165, 1.54) is 39.0 Å². The first-order valence-electron chi connectivity index (χ1n) is 6.52. The van der Waals surface area contributed by atoms with E-state index in [2.05, 4.69) is 63.2 Å². The van der Waals surface area contributed by atoms with Gasteiger partial charge in [-0.15, -0.1) is 0 Å². The van der Waals surface area contributed by atoms with Crippen molar-refractivity contribution in [2.45, 2.75) is 27.2 Å². The summed E-state index contributed by atoms with van der Waals surface area (Å²) in [6.45, 7) is 6.69. The molecule has 0 heteroatoms. The zero-order valence-electron chi connectivity index (χ0n) is 11.2. The Labute approximate surface area is 109 Å². The standard InChI is InChI=1S/C18H18/c1-12-9-16-14(3)13(2)11-17(18(16)10-12)15-7-5-4-6-8-15/h4-8,10-11H,9H2,1-3H3. The first-order chi connectivity index (χ1) is 8.66. The monoisotopic (exact) mass is 234 g/mol. The normalized spacial score (nSPS) is 13.4. The van der Waals surface area contributed by atoms with Crippen LogP contribution in [0.25, 0.3) is 17.2 Å². The lowest BCUT2D eigenvalue weighted by molar-refractivity contribution is 1.14. The molecule has 0 unspecified atom stereocenters. The molecule has 2 aromatic carbocycles. The second-order valence-corrected chi connectivity index (χ2v) is 5.29. The summed E-state index contributed by atoms with van der Waals surface area (Å²) in [4.78, 5) is 0. The van der Waals surface area contributed by atoms with Crippen LogP contribution in [0.15, 0.2) is 42.0 Å². The Morgan fingerprint density at radius 2 is 1.67 bits per heavy atom. The van der Waals surface area contributed by atoms with Crippen molar-refractivity contribution in [2.24, 2.45) is 0 Å². The minimum atomic E-state index is 1.11. The van der Waals surface area contributed by atoms with Gasteiger partial charge in [0.2, 0.25) is 0 Å². The Hall–Kier alpha value is -1.82. The van der Waals surface area contributed by atoms with Crippen molar-refractivity contribution in [1.29, 1.82) is 0 Å². The van der Waals surface area contributed by atoms with E-state index in [0.29, 0.717) is 0 Å². The topological polar surface area (TPSA) is 0 Å². The molecule has 0 radical (unpaired) electrons. The van der Waals surface area contributed by atoms with Gasteiger partial charge in [-0.05, 0) is 60.6 Å². The van der Waals surface area contributed by atoms with Gasteiger partial charge in [0.05, 0.1) is 0 Å². The van der Waals surface area contributed by atoms with E-state index in [-0.39, 0.29) is 0 Å². The van der Waals surface area contributed by atoms with Crippen molar-refractivity contribution in [2.75, 3.05) is 0 Å². The maximum Gasteiger partial charge on any atom is -0.00576 e. The van der Waals surface area contributed by atoms with Gasteiger partial charge in [-0.25, -0.2) is 0 Å². The Bertz CT molecular complexity index is 631. The first kappa shape index (κ1) is 11.3. The smallest absolute Gasteiger partial charge is 0.00576 e. The van der Waals surface area contributed by atoms with Crippen LogP contribution in [-0.2, 0) is 6.42 Å². The van der Waals surface area contributed by atoms with E-state index in [9.17, 15) is 0 Å². The molecular formula is C18H18. The molecule has 0 heterocycles. The first-order valence-corrected chi connectivity index (χ1v) is 6.52. The molecule has 0 bridgehead atoms. The second-order valence-electron chi connectivity index (χ2n) is 5.29. The predicted molar refractivity (Wildman–Crippen MR) is 78.7 cm³/mol. The van der Waals surface area contributed by atoms with Crippen molar-refractivity contribution in [3.8, 4) is 11.1 Å². The molecule has 1 aliphatic carbocycles. The maximum absolute atomic E-state index is 2.35. The summed E-state index contributed by atoms with van der Waals surface area (Å²) in [6, 6.07) is 13.0. The molecule has 0 fully saturated rings. The zero-order valence-corrected chi connectivity index (χ0v) is 11.2. The fourth-order valence-electron chi connectivity index (χ4n) is 2.83. The second kappa shape index (κ2) is 4.13. The molecule has 0 N–H and O–H groups in total. The lowest BCUT2D eigenvalue weighted by atomic mass is 9.91. The Morgan fingerprint density at radius 1 is 0.944 bits per heavy atom. The van der Waals surface area contributed by atoms with Crippen molar-refractivity contribution < 1.29 is 0 Å². The highest BCUT2D eigenvalue weighted by Crippen LogP contribution is 2.37. The molecule has 90 valence electrons. The van der Waals surface area contributed by atoms with Crippen LogP contribution in [0.5, 0.6) is 0 Å². The summed E-state index contributed by atoms with van der Waals surface area (Å²) in [5.74, 6) is 0. The van der Waals surface area contributed by atoms with Crippen LogP contribution in [0.4, 0.5) is 0 Å². The largest absolute Gasteiger partial charge is 0.0683 e. The molecule has 1 aliphatic rings. The third-order valence-corrected chi connectivity index (χ3v) is 3.95. The number of hydrogen-bond donors (Lipinski definition) is 0. The molecule has 0 atom stereocenters. The molecular weight excluding hydrogens is 216 g/mol. The van der Waals surface area contributed by atoms with Gasteiger partial charge in [-0.1, -0.05) is 48.0 Å². The minimum absolute atomic E-state index is 1.11. The summed E-state index contributed by atoms with van der Waals surface area (Å²) in [5.41, 5.74) is 9.98. The zero-order chi connectivity index (χ0) is 12.7. The van der Waals surface area contributed by atoms with E-state index < -0.39 is 0 Å². The van der Waals surface area contributed by atoms with Gasteiger partial charge in [0.15, 0.2) is 0 Å². The molecule has 0 saturated carbocycles. The Kier molecular flexibility index (Phi) is 2.59. The van der Waals surface area contributed by atoms with Crippen molar-refractivity contribution in [1.82, 2.24) is 0 Å². The third-order valence-electron chi connectivity index (χ3n) is 3.95. The van der Waals surface area contributed by atoms with Crippen LogP contribution in [-0.4, -0.2) is 0 Å². The van der Waals surface area contributed by atoms with Crippen LogP contribution in [0.2, 0.25) is 0 Å². The highest BCUT2D eigenvalue weighted by molar-refractivity contribution is 5.82. The van der Waals surface area contributed by atoms with E-state index >= 15 is 0 Å². The van der Waals surface area contributed by atoms with Crippen molar-refractivity contribution >= 4 is 6.08 Å². The van der Waals surface area contributed by atoms with Gasteiger partial charge in [-0.2, -0.15) is 0 Å². The van der Waals surface area contributed by atoms with E-state index in [0.717, 1.165) is 6.42 Å². The predicted octanol–water partition coefficient (Wildman–Crippen LogP) is 4.93. The number of fused-ring (bicyclic) bond motifs is 1. The van der Waals surface area contributed by atoms with Gasteiger partial charge in [0.25, 0.3) is 0 Å². The average molecular weight is 234 g/mol. The van der Waals surface area contributed by atoms with Gasteiger partial charge in [0, 0.05) is 0 Å². The molecule has 0 saturated heterocycles. The molecule has 3 rings (SSSR count). The van der Waals surface area contributed by atoms with E-state index in [1.807, 2.05) is 0 Å². The molecule has 18 heavy (non-hydrogen) atoms. The Morgan fingerprint density at radius 3 is 2.39 bits per heavy atom. The van der Waals surface area contributed by atoms with Gasteiger partial charge in [-0.3, -0.25) is 0 Å². The number of rotatable bonds is 1. The van der Waals surface area contributed by atoms with Gasteiger partial charge >= 0.3 is 0 Å². The number of hydrogen-bond acceptors (Lipinski definition) is 0. The summed E-state index contributed by atoms with van der Waals surface area (Å²) in [6.07, 6.45) is 3.47. The third kappa shape index (κ3) is 1.69. The summed E-state index contributed by atoms with van der Waals surface area (Å²) in [7, 11) is 0. The van der Waals surface area contributed by atoms with Gasteiger partial charge in [0.1, 0.15) is 0 Å². The van der Waals surface area contributed by atoms with Crippen molar-refractivity contribution in [3.05, 3.63) is 64.2 Å². The van der Waals surface area contributed by atoms with Crippen LogP contribution in [0.1, 0.15) is 29.2 Å². The summed E-state index contributed by atoms with van der Waals surface area (Å²) in [5, 5.41) is 0. The van der Waals surface area contributed by atoms with Crippen LogP contribution in [0.3, 0.4) is 0 Å². The fourth-order valence-corrected chi connectivity index (χ4v) is 2.83.